The summed E-state index contributed by atoms with van der Waals surface area (Å²) in [5.41, 5.74) is 2.01. The van der Waals surface area contributed by atoms with Crippen molar-refractivity contribution in [2.45, 2.75) is 41.9 Å². The highest BCUT2D eigenvalue weighted by atomic mass is 35.5. The summed E-state index contributed by atoms with van der Waals surface area (Å²) in [6.07, 6.45) is 5.68. The number of carbonyl (C=O) groups is 1. The van der Waals surface area contributed by atoms with Gasteiger partial charge in [-0.2, -0.15) is 0 Å². The second kappa shape index (κ2) is 7.74. The van der Waals surface area contributed by atoms with Crippen molar-refractivity contribution in [2.75, 3.05) is 0 Å². The molecule has 4 nitrogen and oxygen atoms in total. The van der Waals surface area contributed by atoms with E-state index in [0.29, 0.717) is 22.4 Å². The van der Waals surface area contributed by atoms with Crippen molar-refractivity contribution in [1.29, 1.82) is 0 Å². The van der Waals surface area contributed by atoms with E-state index in [0.717, 1.165) is 22.5 Å². The van der Waals surface area contributed by atoms with Crippen LogP contribution in [-0.4, -0.2) is 22.2 Å². The van der Waals surface area contributed by atoms with Crippen LogP contribution in [0.5, 0.6) is 0 Å². The molecule has 2 aromatic rings. The number of thioether (sulfide) groups is 1. The van der Waals surface area contributed by atoms with Crippen LogP contribution in [0, 0.1) is 0 Å². The van der Waals surface area contributed by atoms with Crippen LogP contribution < -0.4 is 10.9 Å². The van der Waals surface area contributed by atoms with Crippen LogP contribution in [0.2, 0.25) is 10.0 Å². The van der Waals surface area contributed by atoms with Gasteiger partial charge >= 0.3 is 0 Å². The molecule has 2 aliphatic rings. The van der Waals surface area contributed by atoms with Crippen LogP contribution in [-0.2, 0) is 4.79 Å². The quantitative estimate of drug-likeness (QED) is 0.739. The lowest BCUT2D eigenvalue weighted by Gasteiger charge is -2.14. The van der Waals surface area contributed by atoms with Gasteiger partial charge in [-0.3, -0.25) is 9.59 Å². The molecule has 2 N–H and O–H groups in total. The van der Waals surface area contributed by atoms with Crippen molar-refractivity contribution >= 4 is 46.4 Å². The highest BCUT2D eigenvalue weighted by Crippen LogP contribution is 2.42. The van der Waals surface area contributed by atoms with E-state index in [9.17, 15) is 9.59 Å². The largest absolute Gasteiger partial charge is 0.350 e. The second-order valence-corrected chi connectivity index (χ2v) is 8.96. The third-order valence-corrected chi connectivity index (χ3v) is 6.75. The summed E-state index contributed by atoms with van der Waals surface area (Å²) < 4.78 is 0. The zero-order valence-electron chi connectivity index (χ0n) is 14.4. The summed E-state index contributed by atoms with van der Waals surface area (Å²) in [6.45, 7) is 0. The molecule has 140 valence electrons. The summed E-state index contributed by atoms with van der Waals surface area (Å²) in [6, 6.07) is 9.22. The maximum atomic E-state index is 12.0. The number of nitrogens with one attached hydrogen (secondary N) is 2. The Morgan fingerprint density at radius 2 is 1.89 bits per heavy atom. The average molecular weight is 421 g/mol. The fraction of sp³-hybridized carbons (Fsp3) is 0.300. The van der Waals surface area contributed by atoms with Crippen LogP contribution in [0.3, 0.4) is 0 Å². The van der Waals surface area contributed by atoms with E-state index >= 15 is 0 Å². The standard InChI is InChI=1S/C20H18Cl2N2O2S/c21-15-5-6-17(24-20(15)26)14(10-12-2-8-19(25)23-12)11-1-7-18(16(22)9-11)27-13-3-4-13/h1,5-7,9-10,12-13H,2-4,8H2,(H,23,25)(H,24,26)/b14-10-/t12-/m1/s1. The van der Waals surface area contributed by atoms with E-state index in [4.69, 9.17) is 23.2 Å². The van der Waals surface area contributed by atoms with Crippen molar-refractivity contribution in [1.82, 2.24) is 10.3 Å². The molecule has 0 unspecified atom stereocenters. The monoisotopic (exact) mass is 420 g/mol. The molecule has 2 heterocycles. The smallest absolute Gasteiger partial charge is 0.267 e. The zero-order chi connectivity index (χ0) is 19.0. The Morgan fingerprint density at radius 1 is 1.07 bits per heavy atom. The lowest BCUT2D eigenvalue weighted by molar-refractivity contribution is -0.119. The number of H-pyrrole nitrogens is 1. The SMILES string of the molecule is O=C1CC[C@H](/C=C(/c2ccc(SC3CC3)c(Cl)c2)c2ccc(Cl)c(=O)[nH]2)N1. The Bertz CT molecular complexity index is 982. The highest BCUT2D eigenvalue weighted by Gasteiger charge is 2.24. The maximum Gasteiger partial charge on any atom is 0.267 e. The van der Waals surface area contributed by atoms with E-state index in [2.05, 4.69) is 10.3 Å². The number of carbonyl (C=O) groups excluding carboxylic acids is 1. The molecule has 1 aromatic carbocycles. The first-order valence-corrected chi connectivity index (χ1v) is 10.5. The summed E-state index contributed by atoms with van der Waals surface area (Å²) >= 11 is 14.2. The van der Waals surface area contributed by atoms with Crippen LogP contribution in [0.25, 0.3) is 5.57 Å². The van der Waals surface area contributed by atoms with E-state index < -0.39 is 0 Å². The van der Waals surface area contributed by atoms with Gasteiger partial charge in [-0.25, -0.2) is 0 Å². The molecule has 1 saturated heterocycles. The van der Waals surface area contributed by atoms with Gasteiger partial charge in [-0.15, -0.1) is 11.8 Å². The first-order valence-electron chi connectivity index (χ1n) is 8.86. The number of halogens is 2. The third-order valence-electron chi connectivity index (χ3n) is 4.61. The maximum absolute atomic E-state index is 12.0. The van der Waals surface area contributed by atoms with Gasteiger partial charge in [0.15, 0.2) is 0 Å². The Morgan fingerprint density at radius 3 is 2.52 bits per heavy atom. The molecule has 27 heavy (non-hydrogen) atoms. The molecule has 1 saturated carbocycles. The van der Waals surface area contributed by atoms with Gasteiger partial charge in [0.25, 0.3) is 5.56 Å². The van der Waals surface area contributed by atoms with Crippen LogP contribution in [0.1, 0.15) is 36.9 Å². The molecule has 7 heteroatoms. The molecule has 1 aliphatic carbocycles. The molecule has 1 amide bonds. The van der Waals surface area contributed by atoms with Crippen LogP contribution in [0.15, 0.2) is 46.1 Å². The van der Waals surface area contributed by atoms with Crippen molar-refractivity contribution in [2.24, 2.45) is 0 Å². The van der Waals surface area contributed by atoms with Crippen LogP contribution in [0.4, 0.5) is 0 Å². The summed E-state index contributed by atoms with van der Waals surface area (Å²) in [7, 11) is 0. The summed E-state index contributed by atoms with van der Waals surface area (Å²) in [4.78, 5) is 27.5. The Kier molecular flexibility index (Phi) is 5.35. The fourth-order valence-corrected chi connectivity index (χ4v) is 4.52. The number of hydrogen-bond acceptors (Lipinski definition) is 3. The number of benzene rings is 1. The summed E-state index contributed by atoms with van der Waals surface area (Å²) in [5.74, 6) is 0.0365. The molecule has 1 aromatic heterocycles. The van der Waals surface area contributed by atoms with Gasteiger partial charge in [-0.1, -0.05) is 35.3 Å². The number of rotatable bonds is 5. The van der Waals surface area contributed by atoms with Gasteiger partial charge in [0.2, 0.25) is 5.91 Å². The second-order valence-electron chi connectivity index (χ2n) is 6.80. The van der Waals surface area contributed by atoms with Gasteiger partial charge in [0.05, 0.1) is 5.02 Å². The van der Waals surface area contributed by atoms with Crippen molar-refractivity contribution < 1.29 is 4.79 Å². The molecular weight excluding hydrogens is 403 g/mol. The molecule has 0 radical (unpaired) electrons. The Balaban J connectivity index is 1.73. The predicted octanol–water partition coefficient (Wildman–Crippen LogP) is 4.65. The number of hydrogen-bond donors (Lipinski definition) is 2. The van der Waals surface area contributed by atoms with E-state index in [1.165, 1.54) is 12.8 Å². The minimum Gasteiger partial charge on any atom is -0.350 e. The van der Waals surface area contributed by atoms with Crippen molar-refractivity contribution in [3.63, 3.8) is 0 Å². The normalized spacial score (nSPS) is 20.0. The Labute approximate surface area is 171 Å². The fourth-order valence-electron chi connectivity index (χ4n) is 3.05. The molecule has 1 atom stereocenters. The lowest BCUT2D eigenvalue weighted by Crippen LogP contribution is -2.23. The van der Waals surface area contributed by atoms with E-state index in [-0.39, 0.29) is 22.5 Å². The first-order chi connectivity index (χ1) is 13.0. The van der Waals surface area contributed by atoms with Gasteiger partial charge in [0.1, 0.15) is 5.02 Å². The average Bonchev–Trinajstić information content (AvgIpc) is 3.37. The highest BCUT2D eigenvalue weighted by molar-refractivity contribution is 8.00. The topological polar surface area (TPSA) is 62.0 Å². The predicted molar refractivity (Wildman–Crippen MR) is 111 cm³/mol. The molecular formula is C20H18Cl2N2O2S. The zero-order valence-corrected chi connectivity index (χ0v) is 16.8. The molecule has 1 aliphatic heterocycles. The lowest BCUT2D eigenvalue weighted by atomic mass is 9.99. The van der Waals surface area contributed by atoms with E-state index in [1.54, 1.807) is 23.9 Å². The van der Waals surface area contributed by atoms with Crippen molar-refractivity contribution in [3.05, 3.63) is 68.1 Å². The molecule has 0 bridgehead atoms. The van der Waals surface area contributed by atoms with Crippen LogP contribution >= 0.6 is 35.0 Å². The van der Waals surface area contributed by atoms with Gasteiger partial charge < -0.3 is 10.3 Å². The van der Waals surface area contributed by atoms with Gasteiger partial charge in [0, 0.05) is 33.9 Å². The summed E-state index contributed by atoms with van der Waals surface area (Å²) in [5, 5.41) is 4.45. The first kappa shape index (κ1) is 18.7. The van der Waals surface area contributed by atoms with Gasteiger partial charge in [-0.05, 0) is 49.1 Å². The number of aromatic amines is 1. The van der Waals surface area contributed by atoms with E-state index in [1.807, 2.05) is 24.3 Å². The minimum atomic E-state index is -0.345. The van der Waals surface area contributed by atoms with Crippen molar-refractivity contribution in [3.8, 4) is 0 Å². The third kappa shape index (κ3) is 4.42. The molecule has 0 spiro atoms. The minimum absolute atomic E-state index is 0.0365. The Hall–Kier alpha value is -1.69. The number of amides is 1. The number of aromatic nitrogens is 1. The number of pyridine rings is 1. The molecule has 4 rings (SSSR count). The molecule has 2 fully saturated rings.